The van der Waals surface area contributed by atoms with Crippen LogP contribution in [0.1, 0.15) is 38.5 Å². The van der Waals surface area contributed by atoms with Gasteiger partial charge in [0.25, 0.3) is 0 Å². The summed E-state index contributed by atoms with van der Waals surface area (Å²) in [4.78, 5) is 25.3. The Bertz CT molecular complexity index is 346. The van der Waals surface area contributed by atoms with Gasteiger partial charge in [0.05, 0.1) is 6.54 Å². The van der Waals surface area contributed by atoms with Gasteiger partial charge >= 0.3 is 0 Å². The van der Waals surface area contributed by atoms with Gasteiger partial charge in [0.2, 0.25) is 11.8 Å². The van der Waals surface area contributed by atoms with Gasteiger partial charge in [0, 0.05) is 19.5 Å². The second kappa shape index (κ2) is 5.55. The van der Waals surface area contributed by atoms with Gasteiger partial charge in [-0.2, -0.15) is 0 Å². The third kappa shape index (κ3) is 2.92. The van der Waals surface area contributed by atoms with Crippen molar-refractivity contribution < 1.29 is 9.59 Å². The first kappa shape index (κ1) is 13.1. The fraction of sp³-hybridized carbons (Fsp3) is 0.714. The predicted octanol–water partition coefficient (Wildman–Crippen LogP) is 1.47. The number of likely N-dealkylation sites (tertiary alicyclic amines) is 1. The van der Waals surface area contributed by atoms with Gasteiger partial charge in [-0.15, -0.1) is 6.58 Å². The van der Waals surface area contributed by atoms with Gasteiger partial charge < -0.3 is 10.2 Å². The molecular formula is C14H22N2O2. The summed E-state index contributed by atoms with van der Waals surface area (Å²) in [6.45, 7) is 4.99. The fourth-order valence-corrected chi connectivity index (χ4v) is 3.18. The normalized spacial score (nSPS) is 22.2. The van der Waals surface area contributed by atoms with E-state index in [1.165, 1.54) is 19.3 Å². The molecule has 1 N–H and O–H groups in total. The van der Waals surface area contributed by atoms with Gasteiger partial charge in [0.1, 0.15) is 0 Å². The van der Waals surface area contributed by atoms with E-state index in [9.17, 15) is 9.59 Å². The summed E-state index contributed by atoms with van der Waals surface area (Å²) < 4.78 is 0. The van der Waals surface area contributed by atoms with Crippen LogP contribution in [0.4, 0.5) is 0 Å². The van der Waals surface area contributed by atoms with E-state index >= 15 is 0 Å². The molecule has 2 rings (SSSR count). The summed E-state index contributed by atoms with van der Waals surface area (Å²) >= 11 is 0. The molecule has 100 valence electrons. The largest absolute Gasteiger partial charge is 0.351 e. The molecule has 2 fully saturated rings. The van der Waals surface area contributed by atoms with Crippen molar-refractivity contribution in [2.24, 2.45) is 5.41 Å². The van der Waals surface area contributed by atoms with Gasteiger partial charge in [-0.25, -0.2) is 0 Å². The molecule has 1 aliphatic heterocycles. The monoisotopic (exact) mass is 250 g/mol. The maximum absolute atomic E-state index is 12.0. The first-order valence-electron chi connectivity index (χ1n) is 6.81. The topological polar surface area (TPSA) is 49.4 Å². The number of carbonyl (C=O) groups excluding carboxylic acids is 2. The number of carbonyl (C=O) groups is 2. The second-order valence-electron chi connectivity index (χ2n) is 5.58. The van der Waals surface area contributed by atoms with Crippen LogP contribution >= 0.6 is 0 Å². The van der Waals surface area contributed by atoms with Gasteiger partial charge in [0.15, 0.2) is 0 Å². The van der Waals surface area contributed by atoms with E-state index in [0.717, 1.165) is 19.4 Å². The molecule has 0 radical (unpaired) electrons. The summed E-state index contributed by atoms with van der Waals surface area (Å²) in [7, 11) is 0. The molecule has 0 aromatic rings. The smallest absolute Gasteiger partial charge is 0.239 e. The number of nitrogens with zero attached hydrogens (tertiary/aromatic N) is 1. The zero-order chi connectivity index (χ0) is 13.0. The number of amides is 2. The van der Waals surface area contributed by atoms with E-state index in [2.05, 4.69) is 11.9 Å². The number of hydrogen-bond donors (Lipinski definition) is 1. The molecule has 4 heteroatoms. The van der Waals surface area contributed by atoms with Gasteiger partial charge in [-0.3, -0.25) is 9.59 Å². The van der Waals surface area contributed by atoms with Crippen LogP contribution in [0.3, 0.4) is 0 Å². The van der Waals surface area contributed by atoms with Crippen LogP contribution in [-0.2, 0) is 9.59 Å². The van der Waals surface area contributed by atoms with Crippen LogP contribution in [0.5, 0.6) is 0 Å². The zero-order valence-electron chi connectivity index (χ0n) is 10.9. The molecule has 0 atom stereocenters. The third-order valence-corrected chi connectivity index (χ3v) is 4.10. The summed E-state index contributed by atoms with van der Waals surface area (Å²) in [5, 5.41) is 2.72. The van der Waals surface area contributed by atoms with Gasteiger partial charge in [-0.1, -0.05) is 25.3 Å². The molecule has 0 aromatic heterocycles. The Morgan fingerprint density at radius 1 is 1.39 bits per heavy atom. The van der Waals surface area contributed by atoms with E-state index in [4.69, 9.17) is 0 Å². The molecule has 1 saturated carbocycles. The summed E-state index contributed by atoms with van der Waals surface area (Å²) in [6.07, 6.45) is 8.31. The molecular weight excluding hydrogens is 228 g/mol. The van der Waals surface area contributed by atoms with Gasteiger partial charge in [-0.05, 0) is 18.3 Å². The highest BCUT2D eigenvalue weighted by Gasteiger charge is 2.43. The lowest BCUT2D eigenvalue weighted by Crippen LogP contribution is -2.39. The van der Waals surface area contributed by atoms with Crippen molar-refractivity contribution >= 4 is 11.8 Å². The SMILES string of the molecule is C=CCNC(=O)CN1CC2(CCCCC2)CC1=O. The van der Waals surface area contributed by atoms with Crippen molar-refractivity contribution in [2.75, 3.05) is 19.6 Å². The Morgan fingerprint density at radius 2 is 2.11 bits per heavy atom. The minimum atomic E-state index is -0.0869. The van der Waals surface area contributed by atoms with E-state index in [1.807, 2.05) is 0 Å². The van der Waals surface area contributed by atoms with Crippen LogP contribution in [0.2, 0.25) is 0 Å². The minimum Gasteiger partial charge on any atom is -0.351 e. The maximum atomic E-state index is 12.0. The van der Waals surface area contributed by atoms with Crippen LogP contribution in [0.15, 0.2) is 12.7 Å². The number of rotatable bonds is 4. The molecule has 0 unspecified atom stereocenters. The number of hydrogen-bond acceptors (Lipinski definition) is 2. The average Bonchev–Trinajstić information content (AvgIpc) is 2.64. The Labute approximate surface area is 108 Å². The first-order valence-corrected chi connectivity index (χ1v) is 6.81. The molecule has 0 bridgehead atoms. The Morgan fingerprint density at radius 3 is 2.78 bits per heavy atom. The Balaban J connectivity index is 1.88. The zero-order valence-corrected chi connectivity index (χ0v) is 10.9. The molecule has 18 heavy (non-hydrogen) atoms. The molecule has 2 aliphatic rings. The second-order valence-corrected chi connectivity index (χ2v) is 5.58. The third-order valence-electron chi connectivity index (χ3n) is 4.10. The van der Waals surface area contributed by atoms with Crippen molar-refractivity contribution in [3.05, 3.63) is 12.7 Å². The molecule has 0 aromatic carbocycles. The molecule has 1 heterocycles. The van der Waals surface area contributed by atoms with Crippen LogP contribution in [0.25, 0.3) is 0 Å². The highest BCUT2D eigenvalue weighted by Crippen LogP contribution is 2.43. The van der Waals surface area contributed by atoms with E-state index in [1.54, 1.807) is 11.0 Å². The van der Waals surface area contributed by atoms with Crippen LogP contribution in [0, 0.1) is 5.41 Å². The number of nitrogens with one attached hydrogen (secondary N) is 1. The summed E-state index contributed by atoms with van der Waals surface area (Å²) in [6, 6.07) is 0. The summed E-state index contributed by atoms with van der Waals surface area (Å²) in [5.41, 5.74) is 0.175. The van der Waals surface area contributed by atoms with E-state index in [0.29, 0.717) is 13.0 Å². The van der Waals surface area contributed by atoms with Crippen LogP contribution < -0.4 is 5.32 Å². The summed E-state index contributed by atoms with van der Waals surface area (Å²) in [5.74, 6) is 0.0572. The lowest BCUT2D eigenvalue weighted by molar-refractivity contribution is -0.133. The molecule has 2 amide bonds. The molecule has 4 nitrogen and oxygen atoms in total. The predicted molar refractivity (Wildman–Crippen MR) is 69.9 cm³/mol. The lowest BCUT2D eigenvalue weighted by Gasteiger charge is -2.32. The van der Waals surface area contributed by atoms with Crippen molar-refractivity contribution in [1.29, 1.82) is 0 Å². The maximum Gasteiger partial charge on any atom is 0.239 e. The average molecular weight is 250 g/mol. The quantitative estimate of drug-likeness (QED) is 0.768. The Hall–Kier alpha value is -1.32. The van der Waals surface area contributed by atoms with Crippen molar-refractivity contribution in [1.82, 2.24) is 10.2 Å². The van der Waals surface area contributed by atoms with E-state index in [-0.39, 0.29) is 23.8 Å². The molecule has 1 aliphatic carbocycles. The first-order chi connectivity index (χ1) is 8.65. The minimum absolute atomic E-state index is 0.0869. The molecule has 1 spiro atoms. The van der Waals surface area contributed by atoms with E-state index < -0.39 is 0 Å². The van der Waals surface area contributed by atoms with Crippen LogP contribution in [-0.4, -0.2) is 36.3 Å². The Kier molecular flexibility index (Phi) is 4.04. The van der Waals surface area contributed by atoms with Crippen molar-refractivity contribution in [3.8, 4) is 0 Å². The highest BCUT2D eigenvalue weighted by atomic mass is 16.2. The lowest BCUT2D eigenvalue weighted by atomic mass is 9.73. The molecule has 1 saturated heterocycles. The standard InChI is InChI=1S/C14H22N2O2/c1-2-8-15-12(17)10-16-11-14(9-13(16)18)6-4-3-5-7-14/h2H,1,3-11H2,(H,15,17). The highest BCUT2D eigenvalue weighted by molar-refractivity contribution is 5.86. The van der Waals surface area contributed by atoms with Crippen molar-refractivity contribution in [3.63, 3.8) is 0 Å². The fourth-order valence-electron chi connectivity index (χ4n) is 3.18. The van der Waals surface area contributed by atoms with Crippen molar-refractivity contribution in [2.45, 2.75) is 38.5 Å².